The first-order valence-corrected chi connectivity index (χ1v) is 9.09. The third-order valence-electron chi connectivity index (χ3n) is 3.95. The molecule has 3 rings (SSSR count). The molecule has 8 nitrogen and oxygen atoms in total. The lowest BCUT2D eigenvalue weighted by Gasteiger charge is -2.03. The lowest BCUT2D eigenvalue weighted by molar-refractivity contribution is -0.384. The molecule has 1 heterocycles. The van der Waals surface area contributed by atoms with Crippen LogP contribution in [0.4, 0.5) is 5.69 Å². The van der Waals surface area contributed by atoms with Gasteiger partial charge in [-0.15, -0.1) is 0 Å². The van der Waals surface area contributed by atoms with Crippen molar-refractivity contribution in [1.82, 2.24) is 15.2 Å². The summed E-state index contributed by atoms with van der Waals surface area (Å²) in [5, 5.41) is 19.0. The first-order valence-electron chi connectivity index (χ1n) is 8.30. The van der Waals surface area contributed by atoms with Crippen LogP contribution < -0.4 is 5.43 Å². The summed E-state index contributed by atoms with van der Waals surface area (Å²) >= 11 is 3.37. The van der Waals surface area contributed by atoms with Crippen molar-refractivity contribution in [3.8, 4) is 0 Å². The van der Waals surface area contributed by atoms with E-state index >= 15 is 0 Å². The van der Waals surface area contributed by atoms with E-state index in [4.69, 9.17) is 0 Å². The van der Waals surface area contributed by atoms with E-state index in [9.17, 15) is 14.9 Å². The Morgan fingerprint density at radius 3 is 2.50 bits per heavy atom. The van der Waals surface area contributed by atoms with Gasteiger partial charge in [-0.25, -0.2) is 5.43 Å². The van der Waals surface area contributed by atoms with E-state index in [1.165, 1.54) is 12.1 Å². The Labute approximate surface area is 169 Å². The van der Waals surface area contributed by atoms with Gasteiger partial charge in [0.2, 0.25) is 0 Å². The molecule has 28 heavy (non-hydrogen) atoms. The average Bonchev–Trinajstić information content (AvgIpc) is 3.15. The number of amides is 1. The summed E-state index contributed by atoms with van der Waals surface area (Å²) < 4.78 is 2.55. The summed E-state index contributed by atoms with van der Waals surface area (Å²) in [5.41, 5.74) is 5.16. The molecule has 142 valence electrons. The smallest absolute Gasteiger partial charge is 0.268 e. The molecule has 9 heteroatoms. The number of hydrazone groups is 1. The average molecular weight is 442 g/mol. The highest BCUT2D eigenvalue weighted by atomic mass is 79.9. The molecule has 1 N–H and O–H groups in total. The molecule has 2 aromatic carbocycles. The molecule has 0 aliphatic heterocycles. The van der Waals surface area contributed by atoms with Crippen molar-refractivity contribution in [3.63, 3.8) is 0 Å². The van der Waals surface area contributed by atoms with Crippen LogP contribution in [0.3, 0.4) is 0 Å². The third kappa shape index (κ3) is 4.89. The van der Waals surface area contributed by atoms with Gasteiger partial charge in [-0.2, -0.15) is 10.2 Å². The normalized spacial score (nSPS) is 11.3. The molecule has 0 unspecified atom stereocenters. The summed E-state index contributed by atoms with van der Waals surface area (Å²) in [6.45, 7) is 2.20. The van der Waals surface area contributed by atoms with E-state index in [-0.39, 0.29) is 11.4 Å². The molecule has 0 atom stereocenters. The van der Waals surface area contributed by atoms with Crippen LogP contribution in [-0.2, 0) is 6.54 Å². The number of non-ortho nitro benzene ring substituents is 1. The zero-order valence-corrected chi connectivity index (χ0v) is 16.5. The van der Waals surface area contributed by atoms with Gasteiger partial charge >= 0.3 is 0 Å². The number of hydrogen-bond donors (Lipinski definition) is 1. The number of benzene rings is 2. The Balaban J connectivity index is 1.62. The molecule has 0 spiro atoms. The van der Waals surface area contributed by atoms with Gasteiger partial charge in [-0.3, -0.25) is 19.6 Å². The van der Waals surface area contributed by atoms with E-state index < -0.39 is 10.8 Å². The number of nitrogens with one attached hydrogen (secondary N) is 1. The quantitative estimate of drug-likeness (QED) is 0.357. The second kappa shape index (κ2) is 8.57. The largest absolute Gasteiger partial charge is 0.291 e. The first kappa shape index (κ1) is 19.4. The standard InChI is InChI=1S/C19H16BrN5O3/c1-13(15-4-6-16(20)7-5-15)21-22-19(26)18-10-11-24(23-18)12-14-2-8-17(9-3-14)25(27)28/h2-11H,12H2,1H3,(H,22,26)/b21-13+. The van der Waals surface area contributed by atoms with Crippen molar-refractivity contribution in [2.75, 3.05) is 0 Å². The van der Waals surface area contributed by atoms with E-state index in [2.05, 4.69) is 31.6 Å². The number of rotatable bonds is 6. The highest BCUT2D eigenvalue weighted by Crippen LogP contribution is 2.13. The second-order valence-corrected chi connectivity index (χ2v) is 6.88. The second-order valence-electron chi connectivity index (χ2n) is 5.97. The van der Waals surface area contributed by atoms with E-state index in [1.807, 2.05) is 24.3 Å². The minimum absolute atomic E-state index is 0.0308. The Bertz CT molecular complexity index is 1030. The maximum Gasteiger partial charge on any atom is 0.291 e. The Hall–Kier alpha value is -3.33. The first-order chi connectivity index (χ1) is 13.4. The van der Waals surface area contributed by atoms with Gasteiger partial charge in [0.25, 0.3) is 11.6 Å². The molecule has 0 aliphatic carbocycles. The van der Waals surface area contributed by atoms with Crippen LogP contribution in [0.25, 0.3) is 0 Å². The number of nitrogens with zero attached hydrogens (tertiary/aromatic N) is 4. The van der Waals surface area contributed by atoms with Crippen molar-refractivity contribution < 1.29 is 9.72 Å². The van der Waals surface area contributed by atoms with Crippen molar-refractivity contribution >= 4 is 33.2 Å². The highest BCUT2D eigenvalue weighted by Gasteiger charge is 2.10. The minimum atomic E-state index is -0.448. The molecule has 1 aromatic heterocycles. The summed E-state index contributed by atoms with van der Waals surface area (Å²) in [7, 11) is 0. The molecular weight excluding hydrogens is 426 g/mol. The van der Waals surface area contributed by atoms with Gasteiger partial charge in [0.05, 0.1) is 17.2 Å². The van der Waals surface area contributed by atoms with Gasteiger partial charge in [0, 0.05) is 22.8 Å². The highest BCUT2D eigenvalue weighted by molar-refractivity contribution is 9.10. The lowest BCUT2D eigenvalue weighted by atomic mass is 10.1. The Kier molecular flexibility index (Phi) is 5.95. The zero-order chi connectivity index (χ0) is 20.1. The fourth-order valence-corrected chi connectivity index (χ4v) is 2.69. The van der Waals surface area contributed by atoms with Crippen LogP contribution in [0.5, 0.6) is 0 Å². The summed E-state index contributed by atoms with van der Waals surface area (Å²) in [4.78, 5) is 22.5. The van der Waals surface area contributed by atoms with Crippen LogP contribution in [0.15, 0.2) is 70.4 Å². The number of nitro groups is 1. The molecule has 0 aliphatic rings. The van der Waals surface area contributed by atoms with E-state index in [1.54, 1.807) is 36.0 Å². The number of aromatic nitrogens is 2. The fourth-order valence-electron chi connectivity index (χ4n) is 2.43. The van der Waals surface area contributed by atoms with Crippen LogP contribution in [0.1, 0.15) is 28.5 Å². The maximum atomic E-state index is 12.2. The Morgan fingerprint density at radius 2 is 1.86 bits per heavy atom. The molecule has 0 radical (unpaired) electrons. The SMILES string of the molecule is C/C(=N\NC(=O)c1ccn(Cc2ccc([N+](=O)[O-])cc2)n1)c1ccc(Br)cc1. The fraction of sp³-hybridized carbons (Fsp3) is 0.105. The van der Waals surface area contributed by atoms with Crippen molar-refractivity contribution in [2.45, 2.75) is 13.5 Å². The molecule has 0 fully saturated rings. The van der Waals surface area contributed by atoms with Gasteiger partial charge in [-0.1, -0.05) is 40.2 Å². The van der Waals surface area contributed by atoms with Gasteiger partial charge < -0.3 is 0 Å². The molecule has 3 aromatic rings. The number of nitro benzene ring substituents is 1. The van der Waals surface area contributed by atoms with Crippen LogP contribution in [-0.4, -0.2) is 26.3 Å². The van der Waals surface area contributed by atoms with Gasteiger partial charge in [0.15, 0.2) is 5.69 Å². The summed E-state index contributed by atoms with van der Waals surface area (Å²) in [6.07, 6.45) is 1.67. The Morgan fingerprint density at radius 1 is 1.18 bits per heavy atom. The predicted molar refractivity (Wildman–Crippen MR) is 108 cm³/mol. The number of carbonyl (C=O) groups is 1. The molecule has 0 saturated carbocycles. The lowest BCUT2D eigenvalue weighted by Crippen LogP contribution is -2.20. The topological polar surface area (TPSA) is 102 Å². The monoisotopic (exact) mass is 441 g/mol. The van der Waals surface area contributed by atoms with Crippen molar-refractivity contribution in [3.05, 3.63) is 92.2 Å². The molecule has 0 saturated heterocycles. The minimum Gasteiger partial charge on any atom is -0.268 e. The van der Waals surface area contributed by atoms with Crippen molar-refractivity contribution in [1.29, 1.82) is 0 Å². The van der Waals surface area contributed by atoms with Gasteiger partial charge in [-0.05, 0) is 36.2 Å². The maximum absolute atomic E-state index is 12.2. The number of carbonyl (C=O) groups excluding carboxylic acids is 1. The van der Waals surface area contributed by atoms with Crippen LogP contribution in [0, 0.1) is 10.1 Å². The molecule has 1 amide bonds. The van der Waals surface area contributed by atoms with Gasteiger partial charge in [0.1, 0.15) is 0 Å². The van der Waals surface area contributed by atoms with Crippen molar-refractivity contribution in [2.24, 2.45) is 5.10 Å². The number of halogens is 1. The predicted octanol–water partition coefficient (Wildman–Crippen LogP) is 3.76. The molecule has 0 bridgehead atoms. The summed E-state index contributed by atoms with van der Waals surface area (Å²) in [6, 6.07) is 15.4. The number of hydrogen-bond acceptors (Lipinski definition) is 5. The zero-order valence-electron chi connectivity index (χ0n) is 14.9. The van der Waals surface area contributed by atoms with E-state index in [0.29, 0.717) is 12.3 Å². The molecular formula is C19H16BrN5O3. The van der Waals surface area contributed by atoms with Crippen LogP contribution >= 0.6 is 15.9 Å². The summed E-state index contributed by atoms with van der Waals surface area (Å²) in [5.74, 6) is -0.418. The van der Waals surface area contributed by atoms with Crippen LogP contribution in [0.2, 0.25) is 0 Å². The third-order valence-corrected chi connectivity index (χ3v) is 4.48. The van der Waals surface area contributed by atoms with E-state index in [0.717, 1.165) is 15.6 Å².